The molecule has 1 nitrogen and oxygen atoms in total. The SMILES string of the molecule is c1ccc2c(c1)-c1ccccc1-c1cccc(-c3ccc(-c4cccc5c4sc4ncccc45)cc3)c1-c1ccccc1-2. The number of thiophene rings is 1. The summed E-state index contributed by atoms with van der Waals surface area (Å²) in [6, 6.07) is 53.2. The fraction of sp³-hybridized carbons (Fsp3) is 0. The number of aromatic nitrogens is 1. The highest BCUT2D eigenvalue weighted by Crippen LogP contribution is 2.50. The fourth-order valence-electron chi connectivity index (χ4n) is 6.84. The molecule has 0 saturated carbocycles. The Hall–Kier alpha value is -5.31. The number of nitrogens with zero attached hydrogens (tertiary/aromatic N) is 1. The summed E-state index contributed by atoms with van der Waals surface area (Å²) in [5.74, 6) is 0. The smallest absolute Gasteiger partial charge is 0.124 e. The summed E-state index contributed by atoms with van der Waals surface area (Å²) in [6.07, 6.45) is 1.88. The maximum atomic E-state index is 4.63. The summed E-state index contributed by atoms with van der Waals surface area (Å²) >= 11 is 1.78. The van der Waals surface area contributed by atoms with Gasteiger partial charge in [0.05, 0.1) is 0 Å². The van der Waals surface area contributed by atoms with E-state index in [4.69, 9.17) is 0 Å². The molecule has 9 rings (SSSR count). The van der Waals surface area contributed by atoms with Crippen LogP contribution >= 0.6 is 11.3 Å². The van der Waals surface area contributed by atoms with E-state index in [1.165, 1.54) is 82.2 Å². The van der Waals surface area contributed by atoms with Gasteiger partial charge in [0.1, 0.15) is 4.83 Å². The molecule has 1 aliphatic carbocycles. The Balaban J connectivity index is 1.25. The quantitative estimate of drug-likeness (QED) is 0.204. The Bertz CT molecular complexity index is 2340. The second-order valence-electron chi connectivity index (χ2n) is 11.1. The van der Waals surface area contributed by atoms with E-state index in [0.29, 0.717) is 0 Å². The van der Waals surface area contributed by atoms with Crippen LogP contribution in [0.25, 0.3) is 87.1 Å². The molecule has 6 aromatic carbocycles. The first-order valence-electron chi connectivity index (χ1n) is 14.6. The van der Waals surface area contributed by atoms with Crippen LogP contribution in [0, 0.1) is 0 Å². The molecule has 0 unspecified atom stereocenters. The molecule has 0 aliphatic heterocycles. The minimum absolute atomic E-state index is 1.09. The van der Waals surface area contributed by atoms with Gasteiger partial charge in [0, 0.05) is 21.7 Å². The molecule has 0 spiro atoms. The summed E-state index contributed by atoms with van der Waals surface area (Å²) in [7, 11) is 0. The van der Waals surface area contributed by atoms with Crippen LogP contribution in [-0.2, 0) is 0 Å². The van der Waals surface area contributed by atoms with Crippen LogP contribution in [0.1, 0.15) is 0 Å². The summed E-state index contributed by atoms with van der Waals surface area (Å²) in [5.41, 5.74) is 15.1. The van der Waals surface area contributed by atoms with Crippen molar-refractivity contribution in [3.8, 4) is 66.8 Å². The predicted molar refractivity (Wildman–Crippen MR) is 183 cm³/mol. The van der Waals surface area contributed by atoms with Crippen molar-refractivity contribution in [2.45, 2.75) is 0 Å². The van der Waals surface area contributed by atoms with Gasteiger partial charge in [-0.2, -0.15) is 0 Å². The molecule has 2 aromatic heterocycles. The second-order valence-corrected chi connectivity index (χ2v) is 12.1. The molecule has 0 bridgehead atoms. The van der Waals surface area contributed by atoms with Gasteiger partial charge in [-0.05, 0) is 78.9 Å². The van der Waals surface area contributed by atoms with Crippen LogP contribution in [0.4, 0.5) is 0 Å². The topological polar surface area (TPSA) is 12.9 Å². The van der Waals surface area contributed by atoms with Gasteiger partial charge in [-0.15, -0.1) is 11.3 Å². The zero-order valence-corrected chi connectivity index (χ0v) is 24.1. The van der Waals surface area contributed by atoms with E-state index >= 15 is 0 Å². The first-order valence-corrected chi connectivity index (χ1v) is 15.5. The van der Waals surface area contributed by atoms with Crippen LogP contribution in [0.3, 0.4) is 0 Å². The third kappa shape index (κ3) is 3.74. The summed E-state index contributed by atoms with van der Waals surface area (Å²) in [5, 5.41) is 2.50. The maximum Gasteiger partial charge on any atom is 0.124 e. The Morgan fingerprint density at radius 2 is 0.814 bits per heavy atom. The molecule has 0 saturated heterocycles. The summed E-state index contributed by atoms with van der Waals surface area (Å²) in [6.45, 7) is 0. The lowest BCUT2D eigenvalue weighted by Crippen LogP contribution is -1.98. The summed E-state index contributed by atoms with van der Waals surface area (Å²) < 4.78 is 1.29. The highest BCUT2D eigenvalue weighted by molar-refractivity contribution is 7.26. The highest BCUT2D eigenvalue weighted by atomic mass is 32.1. The highest BCUT2D eigenvalue weighted by Gasteiger charge is 2.23. The molecular formula is C41H25NS. The molecule has 8 aromatic rings. The fourth-order valence-corrected chi connectivity index (χ4v) is 8.02. The number of pyridine rings is 1. The maximum absolute atomic E-state index is 4.63. The molecule has 0 atom stereocenters. The van der Waals surface area contributed by atoms with Crippen LogP contribution in [0.15, 0.2) is 152 Å². The van der Waals surface area contributed by atoms with E-state index in [0.717, 1.165) is 4.83 Å². The minimum atomic E-state index is 1.09. The van der Waals surface area contributed by atoms with E-state index in [1.807, 2.05) is 12.3 Å². The van der Waals surface area contributed by atoms with Crippen LogP contribution < -0.4 is 0 Å². The number of hydrogen-bond donors (Lipinski definition) is 0. The number of rotatable bonds is 2. The van der Waals surface area contributed by atoms with Crippen LogP contribution in [0.5, 0.6) is 0 Å². The van der Waals surface area contributed by atoms with Crippen molar-refractivity contribution < 1.29 is 0 Å². The predicted octanol–water partition coefficient (Wildman–Crippen LogP) is 11.8. The van der Waals surface area contributed by atoms with E-state index in [2.05, 4.69) is 145 Å². The average molecular weight is 564 g/mol. The normalized spacial score (nSPS) is 11.7. The first-order chi connectivity index (χ1) is 21.3. The van der Waals surface area contributed by atoms with Crippen molar-refractivity contribution in [1.29, 1.82) is 0 Å². The number of fused-ring (bicyclic) bond motifs is 11. The molecular weight excluding hydrogens is 539 g/mol. The molecule has 1 aliphatic rings. The van der Waals surface area contributed by atoms with E-state index in [-0.39, 0.29) is 0 Å². The van der Waals surface area contributed by atoms with Crippen molar-refractivity contribution in [2.75, 3.05) is 0 Å². The largest absolute Gasteiger partial charge is 0.245 e. The van der Waals surface area contributed by atoms with Crippen molar-refractivity contribution >= 4 is 31.6 Å². The zero-order valence-electron chi connectivity index (χ0n) is 23.3. The van der Waals surface area contributed by atoms with E-state index in [9.17, 15) is 0 Å². The van der Waals surface area contributed by atoms with E-state index in [1.54, 1.807) is 11.3 Å². The second kappa shape index (κ2) is 9.62. The van der Waals surface area contributed by atoms with Gasteiger partial charge < -0.3 is 0 Å². The average Bonchev–Trinajstić information content (AvgIpc) is 3.47. The van der Waals surface area contributed by atoms with Crippen molar-refractivity contribution in [3.05, 3.63) is 152 Å². The van der Waals surface area contributed by atoms with Gasteiger partial charge in [0.15, 0.2) is 0 Å². The molecule has 0 amide bonds. The summed E-state index contributed by atoms with van der Waals surface area (Å²) in [4.78, 5) is 5.72. The Kier molecular flexibility index (Phi) is 5.44. The minimum Gasteiger partial charge on any atom is -0.245 e. The molecule has 0 N–H and O–H groups in total. The molecule has 200 valence electrons. The number of hydrogen-bond acceptors (Lipinski definition) is 2. The Morgan fingerprint density at radius 3 is 1.49 bits per heavy atom. The zero-order chi connectivity index (χ0) is 28.3. The van der Waals surface area contributed by atoms with Crippen LogP contribution in [0.2, 0.25) is 0 Å². The third-order valence-electron chi connectivity index (χ3n) is 8.77. The van der Waals surface area contributed by atoms with Gasteiger partial charge in [0.25, 0.3) is 0 Å². The molecule has 2 heterocycles. The molecule has 43 heavy (non-hydrogen) atoms. The first kappa shape index (κ1) is 24.3. The number of benzene rings is 6. The van der Waals surface area contributed by atoms with Crippen LogP contribution in [-0.4, -0.2) is 4.98 Å². The molecule has 2 heteroatoms. The molecule has 0 fully saturated rings. The monoisotopic (exact) mass is 563 g/mol. The van der Waals surface area contributed by atoms with Crippen molar-refractivity contribution in [3.63, 3.8) is 0 Å². The van der Waals surface area contributed by atoms with Gasteiger partial charge >= 0.3 is 0 Å². The standard InChI is InChI=1S/C41H25NS/c1-2-11-31-30(10-1)32-12-3-4-13-34(32)36-18-7-16-28(39(36)35-15-6-5-14-33(31)35)26-21-23-27(24-22-26)29-17-8-19-37-38-20-9-25-42-41(38)43-40(29)37/h1-25H. The van der Waals surface area contributed by atoms with Gasteiger partial charge in [-0.3, -0.25) is 0 Å². The lowest BCUT2D eigenvalue weighted by molar-refractivity contribution is 1.45. The van der Waals surface area contributed by atoms with Gasteiger partial charge in [0.2, 0.25) is 0 Å². The van der Waals surface area contributed by atoms with Crippen molar-refractivity contribution in [2.24, 2.45) is 0 Å². The van der Waals surface area contributed by atoms with Gasteiger partial charge in [-0.25, -0.2) is 4.98 Å². The lowest BCUT2D eigenvalue weighted by Gasteiger charge is -2.25. The molecule has 0 radical (unpaired) electrons. The van der Waals surface area contributed by atoms with E-state index < -0.39 is 0 Å². The third-order valence-corrected chi connectivity index (χ3v) is 9.93. The van der Waals surface area contributed by atoms with Gasteiger partial charge in [-0.1, -0.05) is 133 Å². The Morgan fingerprint density at radius 1 is 0.349 bits per heavy atom. The Labute approximate surface area is 254 Å². The van der Waals surface area contributed by atoms with Crippen molar-refractivity contribution in [1.82, 2.24) is 4.98 Å². The lowest BCUT2D eigenvalue weighted by atomic mass is 9.78.